The van der Waals surface area contributed by atoms with Crippen LogP contribution in [0.25, 0.3) is 0 Å². The van der Waals surface area contributed by atoms with Crippen molar-refractivity contribution in [1.82, 2.24) is 14.8 Å². The number of carbonyl (C=O) groups excluding carboxylic acids is 1. The van der Waals surface area contributed by atoms with Gasteiger partial charge in [0.15, 0.2) is 0 Å². The van der Waals surface area contributed by atoms with Crippen LogP contribution in [-0.2, 0) is 11.3 Å². The van der Waals surface area contributed by atoms with Crippen LogP contribution in [-0.4, -0.2) is 60.0 Å². The van der Waals surface area contributed by atoms with Crippen molar-refractivity contribution in [3.05, 3.63) is 60.4 Å². The van der Waals surface area contributed by atoms with Gasteiger partial charge in [-0.3, -0.25) is 14.7 Å². The average Bonchev–Trinajstić information content (AvgIpc) is 2.92. The Morgan fingerprint density at radius 3 is 2.59 bits per heavy atom. The smallest absolute Gasteiger partial charge is 0.227 e. The molecule has 5 heteroatoms. The fraction of sp³-hybridized carbons (Fsp3) is 0.455. The summed E-state index contributed by atoms with van der Waals surface area (Å²) in [6, 6.07) is 14.2. The van der Waals surface area contributed by atoms with Gasteiger partial charge in [-0.15, -0.1) is 0 Å². The first-order chi connectivity index (χ1) is 13.3. The zero-order valence-corrected chi connectivity index (χ0v) is 15.8. The van der Waals surface area contributed by atoms with E-state index in [1.54, 1.807) is 0 Å². The minimum atomic E-state index is 0.263. The molecule has 2 aromatic rings. The van der Waals surface area contributed by atoms with Gasteiger partial charge in [0, 0.05) is 57.2 Å². The maximum absolute atomic E-state index is 12.4. The van der Waals surface area contributed by atoms with Crippen molar-refractivity contribution >= 4 is 11.6 Å². The Bertz CT molecular complexity index is 736. The fourth-order valence-corrected chi connectivity index (χ4v) is 4.24. The summed E-state index contributed by atoms with van der Waals surface area (Å²) in [6.07, 6.45) is 5.65. The second kappa shape index (κ2) is 8.63. The zero-order valence-electron chi connectivity index (χ0n) is 15.8. The molecule has 0 radical (unpaired) electrons. The Morgan fingerprint density at radius 1 is 0.963 bits per heavy atom. The Kier molecular flexibility index (Phi) is 5.80. The Labute approximate surface area is 161 Å². The third-order valence-electron chi connectivity index (χ3n) is 5.60. The van der Waals surface area contributed by atoms with Gasteiger partial charge in [-0.2, -0.15) is 0 Å². The summed E-state index contributed by atoms with van der Waals surface area (Å²) in [7, 11) is 0. The Morgan fingerprint density at radius 2 is 1.78 bits per heavy atom. The molecule has 0 spiro atoms. The summed E-state index contributed by atoms with van der Waals surface area (Å²) in [5.41, 5.74) is 2.31. The first kappa shape index (κ1) is 18.1. The normalized spacial score (nSPS) is 22.1. The molecule has 2 saturated heterocycles. The fourth-order valence-electron chi connectivity index (χ4n) is 4.24. The number of benzene rings is 1. The molecule has 5 nitrogen and oxygen atoms in total. The number of hydrogen-bond donors (Lipinski definition) is 0. The van der Waals surface area contributed by atoms with Crippen LogP contribution in [0.2, 0.25) is 0 Å². The summed E-state index contributed by atoms with van der Waals surface area (Å²) >= 11 is 0. The van der Waals surface area contributed by atoms with E-state index in [1.165, 1.54) is 12.0 Å². The van der Waals surface area contributed by atoms with Gasteiger partial charge in [0.05, 0.1) is 0 Å². The summed E-state index contributed by atoms with van der Waals surface area (Å²) < 4.78 is 0. The topological polar surface area (TPSA) is 39.7 Å². The van der Waals surface area contributed by atoms with E-state index < -0.39 is 0 Å². The van der Waals surface area contributed by atoms with Gasteiger partial charge in [-0.25, -0.2) is 0 Å². The quantitative estimate of drug-likeness (QED) is 0.818. The van der Waals surface area contributed by atoms with Gasteiger partial charge in [0.25, 0.3) is 0 Å². The van der Waals surface area contributed by atoms with Crippen LogP contribution in [0.5, 0.6) is 0 Å². The lowest BCUT2D eigenvalue weighted by Gasteiger charge is -2.24. The van der Waals surface area contributed by atoms with Gasteiger partial charge in [-0.1, -0.05) is 24.3 Å². The van der Waals surface area contributed by atoms with Crippen LogP contribution in [0.3, 0.4) is 0 Å². The van der Waals surface area contributed by atoms with Gasteiger partial charge >= 0.3 is 0 Å². The first-order valence-corrected chi connectivity index (χ1v) is 9.97. The van der Waals surface area contributed by atoms with E-state index in [4.69, 9.17) is 0 Å². The molecule has 4 rings (SSSR count). The third kappa shape index (κ3) is 4.73. The lowest BCUT2D eigenvalue weighted by molar-refractivity contribution is -0.117. The van der Waals surface area contributed by atoms with E-state index in [0.717, 1.165) is 51.5 Å². The van der Waals surface area contributed by atoms with Gasteiger partial charge in [0.1, 0.15) is 0 Å². The van der Waals surface area contributed by atoms with E-state index in [2.05, 4.69) is 20.9 Å². The maximum Gasteiger partial charge on any atom is 0.227 e. The number of nitrogens with zero attached hydrogens (tertiary/aromatic N) is 4. The largest absolute Gasteiger partial charge is 0.312 e. The number of anilines is 1. The molecule has 0 saturated carbocycles. The van der Waals surface area contributed by atoms with E-state index in [-0.39, 0.29) is 5.91 Å². The van der Waals surface area contributed by atoms with Crippen molar-refractivity contribution in [1.29, 1.82) is 0 Å². The molecular formula is C22H28N4O. The first-order valence-electron chi connectivity index (χ1n) is 9.97. The van der Waals surface area contributed by atoms with Crippen molar-refractivity contribution in [3.63, 3.8) is 0 Å². The molecule has 0 aliphatic carbocycles. The summed E-state index contributed by atoms with van der Waals surface area (Å²) in [4.78, 5) is 23.7. The third-order valence-corrected chi connectivity index (χ3v) is 5.60. The molecule has 0 bridgehead atoms. The van der Waals surface area contributed by atoms with E-state index in [9.17, 15) is 4.79 Å². The minimum Gasteiger partial charge on any atom is -0.312 e. The summed E-state index contributed by atoms with van der Waals surface area (Å²) in [5.74, 6) is 0.696. The molecule has 1 amide bonds. The molecule has 142 valence electrons. The van der Waals surface area contributed by atoms with Crippen molar-refractivity contribution in [3.8, 4) is 0 Å². The Hall–Kier alpha value is -2.24. The van der Waals surface area contributed by atoms with Crippen LogP contribution in [0.4, 0.5) is 5.69 Å². The molecule has 2 fully saturated rings. The van der Waals surface area contributed by atoms with Gasteiger partial charge < -0.3 is 9.80 Å². The number of hydrogen-bond acceptors (Lipinski definition) is 4. The number of carbonyl (C=O) groups is 1. The van der Waals surface area contributed by atoms with Gasteiger partial charge in [0.2, 0.25) is 5.91 Å². The number of aromatic nitrogens is 1. The van der Waals surface area contributed by atoms with Crippen LogP contribution in [0.1, 0.15) is 18.4 Å². The minimum absolute atomic E-state index is 0.263. The highest BCUT2D eigenvalue weighted by Gasteiger charge is 2.31. The predicted octanol–water partition coefficient (Wildman–Crippen LogP) is 2.64. The highest BCUT2D eigenvalue weighted by Crippen LogP contribution is 2.25. The molecule has 0 N–H and O–H groups in total. The molecular weight excluding hydrogens is 336 g/mol. The lowest BCUT2D eigenvalue weighted by Crippen LogP contribution is -2.34. The Balaban J connectivity index is 1.28. The van der Waals surface area contributed by atoms with Crippen molar-refractivity contribution < 1.29 is 4.79 Å². The number of pyridine rings is 1. The van der Waals surface area contributed by atoms with Crippen molar-refractivity contribution in [2.75, 3.05) is 44.2 Å². The van der Waals surface area contributed by atoms with Crippen molar-refractivity contribution in [2.24, 2.45) is 5.92 Å². The van der Waals surface area contributed by atoms with E-state index >= 15 is 0 Å². The van der Waals surface area contributed by atoms with Crippen LogP contribution in [0, 0.1) is 5.92 Å². The van der Waals surface area contributed by atoms with E-state index in [0.29, 0.717) is 12.3 Å². The standard InChI is InChI=1S/C22H28N4O/c27-22-14-20(18-26(22)21-7-2-1-3-8-21)17-25-11-5-10-24(12-13-25)16-19-6-4-9-23-15-19/h1-4,6-9,15,20H,5,10-14,16-18H2. The lowest BCUT2D eigenvalue weighted by atomic mass is 10.1. The van der Waals surface area contributed by atoms with Crippen molar-refractivity contribution in [2.45, 2.75) is 19.4 Å². The predicted molar refractivity (Wildman–Crippen MR) is 107 cm³/mol. The second-order valence-corrected chi connectivity index (χ2v) is 7.70. The van der Waals surface area contributed by atoms with E-state index in [1.807, 2.05) is 53.7 Å². The number of rotatable bonds is 5. The number of amides is 1. The molecule has 1 atom stereocenters. The molecule has 1 unspecified atom stereocenters. The zero-order chi connectivity index (χ0) is 18.5. The molecule has 1 aromatic heterocycles. The van der Waals surface area contributed by atoms with Crippen LogP contribution < -0.4 is 4.90 Å². The van der Waals surface area contributed by atoms with Crippen LogP contribution >= 0.6 is 0 Å². The van der Waals surface area contributed by atoms with Gasteiger partial charge in [-0.05, 0) is 49.2 Å². The molecule has 3 heterocycles. The summed E-state index contributed by atoms with van der Waals surface area (Å²) in [6.45, 7) is 7.26. The molecule has 1 aromatic carbocycles. The highest BCUT2D eigenvalue weighted by molar-refractivity contribution is 5.95. The number of para-hydroxylation sites is 1. The SMILES string of the molecule is O=C1CC(CN2CCCN(Cc3cccnc3)CC2)CN1c1ccccc1. The molecule has 2 aliphatic heterocycles. The second-order valence-electron chi connectivity index (χ2n) is 7.70. The summed E-state index contributed by atoms with van der Waals surface area (Å²) in [5, 5.41) is 0. The average molecular weight is 364 g/mol. The molecule has 2 aliphatic rings. The molecule has 27 heavy (non-hydrogen) atoms. The maximum atomic E-state index is 12.4. The van der Waals surface area contributed by atoms with Crippen LogP contribution in [0.15, 0.2) is 54.9 Å². The monoisotopic (exact) mass is 364 g/mol. The highest BCUT2D eigenvalue weighted by atomic mass is 16.2.